The van der Waals surface area contributed by atoms with E-state index in [4.69, 9.17) is 4.74 Å². The van der Waals surface area contributed by atoms with Crippen LogP contribution in [0.5, 0.6) is 0 Å². The molecule has 1 atom stereocenters. The zero-order chi connectivity index (χ0) is 17.2. The third kappa shape index (κ3) is 7.05. The van der Waals surface area contributed by atoms with Crippen LogP contribution < -0.4 is 10.6 Å². The van der Waals surface area contributed by atoms with Crippen LogP contribution in [0.25, 0.3) is 0 Å². The van der Waals surface area contributed by atoms with E-state index in [1.54, 1.807) is 24.4 Å². The third-order valence-electron chi connectivity index (χ3n) is 2.84. The predicted molar refractivity (Wildman–Crippen MR) is 85.1 cm³/mol. The van der Waals surface area contributed by atoms with Crippen molar-refractivity contribution in [2.24, 2.45) is 0 Å². The van der Waals surface area contributed by atoms with E-state index >= 15 is 0 Å². The van der Waals surface area contributed by atoms with Crippen LogP contribution >= 0.6 is 11.3 Å². The molecule has 0 aromatic carbocycles. The van der Waals surface area contributed by atoms with Crippen LogP contribution in [0.4, 0.5) is 0 Å². The van der Waals surface area contributed by atoms with Gasteiger partial charge in [-0.15, -0.1) is 11.3 Å². The molecule has 2 amide bonds. The maximum absolute atomic E-state index is 11.7. The van der Waals surface area contributed by atoms with Gasteiger partial charge in [0.25, 0.3) is 5.91 Å². The number of ether oxygens (including phenoxy) is 1. The van der Waals surface area contributed by atoms with Gasteiger partial charge in [0, 0.05) is 13.0 Å². The van der Waals surface area contributed by atoms with E-state index in [0.29, 0.717) is 11.4 Å². The zero-order valence-corrected chi connectivity index (χ0v) is 13.9. The van der Waals surface area contributed by atoms with E-state index in [1.807, 2.05) is 0 Å². The van der Waals surface area contributed by atoms with Crippen LogP contribution in [-0.2, 0) is 19.1 Å². The molecule has 0 spiro atoms. The Bertz CT molecular complexity index is 556. The number of thiophene rings is 1. The molecule has 0 unspecified atom stereocenters. The van der Waals surface area contributed by atoms with Crippen LogP contribution in [-0.4, -0.2) is 42.8 Å². The van der Waals surface area contributed by atoms with Crippen molar-refractivity contribution in [3.63, 3.8) is 0 Å². The van der Waals surface area contributed by atoms with Gasteiger partial charge in [0.15, 0.2) is 12.4 Å². The van der Waals surface area contributed by atoms with Gasteiger partial charge in [-0.3, -0.25) is 19.2 Å². The Kier molecular flexibility index (Phi) is 7.96. The molecule has 1 aromatic rings. The Morgan fingerprint density at radius 1 is 1.26 bits per heavy atom. The molecule has 126 valence electrons. The van der Waals surface area contributed by atoms with Gasteiger partial charge in [-0.05, 0) is 25.3 Å². The number of amides is 2. The van der Waals surface area contributed by atoms with E-state index in [9.17, 15) is 19.2 Å². The molecule has 0 radical (unpaired) electrons. The highest BCUT2D eigenvalue weighted by Crippen LogP contribution is 2.12. The summed E-state index contributed by atoms with van der Waals surface area (Å²) >= 11 is 1.31. The SMILES string of the molecule is CCNC(=O)[C@@H](C)NC(=O)COC(=O)CCC(=O)c1cccs1. The highest BCUT2D eigenvalue weighted by Gasteiger charge is 2.16. The average Bonchev–Trinajstić information content (AvgIpc) is 3.05. The second kappa shape index (κ2) is 9.73. The fourth-order valence-corrected chi connectivity index (χ4v) is 2.36. The predicted octanol–water partition coefficient (Wildman–Crippen LogP) is 0.895. The summed E-state index contributed by atoms with van der Waals surface area (Å²) in [6, 6.07) is 2.74. The van der Waals surface area contributed by atoms with Gasteiger partial charge in [-0.1, -0.05) is 6.07 Å². The van der Waals surface area contributed by atoms with Crippen LogP contribution in [0, 0.1) is 0 Å². The zero-order valence-electron chi connectivity index (χ0n) is 13.1. The van der Waals surface area contributed by atoms with Crippen molar-refractivity contribution >= 4 is 34.9 Å². The minimum Gasteiger partial charge on any atom is -0.456 e. The first-order valence-corrected chi connectivity index (χ1v) is 8.11. The van der Waals surface area contributed by atoms with E-state index in [0.717, 1.165) is 0 Å². The smallest absolute Gasteiger partial charge is 0.306 e. The number of likely N-dealkylation sites (N-methyl/N-ethyl adjacent to an activating group) is 1. The quantitative estimate of drug-likeness (QED) is 0.514. The van der Waals surface area contributed by atoms with Gasteiger partial charge in [0.05, 0.1) is 11.3 Å². The first-order chi connectivity index (χ1) is 10.9. The molecule has 1 rings (SSSR count). The lowest BCUT2D eigenvalue weighted by atomic mass is 10.2. The number of carbonyl (C=O) groups excluding carboxylic acids is 4. The Hall–Kier alpha value is -2.22. The molecule has 0 aliphatic rings. The van der Waals surface area contributed by atoms with Gasteiger partial charge in [0.2, 0.25) is 5.91 Å². The van der Waals surface area contributed by atoms with Gasteiger partial charge in [-0.25, -0.2) is 0 Å². The van der Waals surface area contributed by atoms with Gasteiger partial charge >= 0.3 is 5.97 Å². The fourth-order valence-electron chi connectivity index (χ4n) is 1.67. The van der Waals surface area contributed by atoms with E-state index in [1.165, 1.54) is 18.3 Å². The highest BCUT2D eigenvalue weighted by molar-refractivity contribution is 7.12. The van der Waals surface area contributed by atoms with Crippen LogP contribution in [0.15, 0.2) is 17.5 Å². The molecule has 0 saturated carbocycles. The van der Waals surface area contributed by atoms with Crippen molar-refractivity contribution in [3.8, 4) is 0 Å². The Morgan fingerprint density at radius 2 is 2.00 bits per heavy atom. The minimum atomic E-state index is -0.707. The summed E-state index contributed by atoms with van der Waals surface area (Å²) in [6.07, 6.45) is -0.0494. The fraction of sp³-hybridized carbons (Fsp3) is 0.467. The highest BCUT2D eigenvalue weighted by atomic mass is 32.1. The molecule has 0 fully saturated rings. The number of nitrogens with one attached hydrogen (secondary N) is 2. The monoisotopic (exact) mass is 340 g/mol. The number of ketones is 1. The van der Waals surface area contributed by atoms with Crippen molar-refractivity contribution in [1.29, 1.82) is 0 Å². The van der Waals surface area contributed by atoms with E-state index in [2.05, 4.69) is 10.6 Å². The Morgan fingerprint density at radius 3 is 2.61 bits per heavy atom. The van der Waals surface area contributed by atoms with Crippen LogP contribution in [0.1, 0.15) is 36.4 Å². The maximum atomic E-state index is 11.7. The number of hydrogen-bond donors (Lipinski definition) is 2. The molecule has 2 N–H and O–H groups in total. The summed E-state index contributed by atoms with van der Waals surface area (Å²) in [5.74, 6) is -1.64. The number of esters is 1. The van der Waals surface area contributed by atoms with Crippen molar-refractivity contribution in [1.82, 2.24) is 10.6 Å². The van der Waals surface area contributed by atoms with Gasteiger partial charge in [0.1, 0.15) is 6.04 Å². The molecule has 7 nitrogen and oxygen atoms in total. The normalized spacial score (nSPS) is 11.4. The summed E-state index contributed by atoms with van der Waals surface area (Å²) in [7, 11) is 0. The number of rotatable bonds is 9. The standard InChI is InChI=1S/C15H20N2O5S/c1-3-16-15(21)10(2)17-13(19)9-22-14(20)7-6-11(18)12-5-4-8-23-12/h4-5,8,10H,3,6-7,9H2,1-2H3,(H,16,21)(H,17,19)/t10-/m1/s1. The average molecular weight is 340 g/mol. The molecule has 0 bridgehead atoms. The lowest BCUT2D eigenvalue weighted by molar-refractivity contribution is -0.148. The van der Waals surface area contributed by atoms with Crippen molar-refractivity contribution in [2.75, 3.05) is 13.2 Å². The summed E-state index contributed by atoms with van der Waals surface area (Å²) < 4.78 is 4.78. The Labute approximate surface area is 138 Å². The molecular formula is C15H20N2O5S. The first kappa shape index (κ1) is 18.8. The van der Waals surface area contributed by atoms with Gasteiger partial charge in [-0.2, -0.15) is 0 Å². The van der Waals surface area contributed by atoms with E-state index < -0.39 is 24.5 Å². The van der Waals surface area contributed by atoms with Crippen molar-refractivity contribution in [2.45, 2.75) is 32.7 Å². The van der Waals surface area contributed by atoms with Crippen molar-refractivity contribution < 1.29 is 23.9 Å². The molecule has 0 saturated heterocycles. The maximum Gasteiger partial charge on any atom is 0.306 e. The van der Waals surface area contributed by atoms with Gasteiger partial charge < -0.3 is 15.4 Å². The minimum absolute atomic E-state index is 0.0380. The number of Topliss-reactive ketones (excluding diaryl/α,β-unsaturated/α-hetero) is 1. The van der Waals surface area contributed by atoms with E-state index in [-0.39, 0.29) is 24.5 Å². The summed E-state index contributed by atoms with van der Waals surface area (Å²) in [5.41, 5.74) is 0. The molecule has 23 heavy (non-hydrogen) atoms. The molecular weight excluding hydrogens is 320 g/mol. The molecule has 1 heterocycles. The molecule has 0 aliphatic heterocycles. The van der Waals surface area contributed by atoms with Crippen LogP contribution in [0.3, 0.4) is 0 Å². The third-order valence-corrected chi connectivity index (χ3v) is 3.75. The topological polar surface area (TPSA) is 102 Å². The lowest BCUT2D eigenvalue weighted by Gasteiger charge is -2.13. The second-order valence-electron chi connectivity index (χ2n) is 4.74. The second-order valence-corrected chi connectivity index (χ2v) is 5.69. The van der Waals surface area contributed by atoms with Crippen LogP contribution in [0.2, 0.25) is 0 Å². The number of carbonyl (C=O) groups is 4. The number of hydrogen-bond acceptors (Lipinski definition) is 6. The lowest BCUT2D eigenvalue weighted by Crippen LogP contribution is -2.46. The first-order valence-electron chi connectivity index (χ1n) is 7.23. The van der Waals surface area contributed by atoms with Crippen molar-refractivity contribution in [3.05, 3.63) is 22.4 Å². The molecule has 0 aliphatic carbocycles. The largest absolute Gasteiger partial charge is 0.456 e. The summed E-state index contributed by atoms with van der Waals surface area (Å²) in [6.45, 7) is 3.29. The summed E-state index contributed by atoms with van der Waals surface area (Å²) in [5, 5.41) is 6.76. The molecule has 1 aromatic heterocycles. The molecule has 8 heteroatoms. The summed E-state index contributed by atoms with van der Waals surface area (Å²) in [4.78, 5) is 46.8. The Balaban J connectivity index is 2.23.